The highest BCUT2D eigenvalue weighted by atomic mass is 16.3. The molecule has 0 fully saturated rings. The van der Waals surface area contributed by atoms with Gasteiger partial charge in [0.05, 0.1) is 25.9 Å². The molecule has 6 heteroatoms. The molecule has 0 saturated carbocycles. The number of hydrogen-bond donors (Lipinski definition) is 2. The lowest BCUT2D eigenvalue weighted by Gasteiger charge is -2.15. The van der Waals surface area contributed by atoms with Gasteiger partial charge in [0.25, 0.3) is 0 Å². The maximum atomic E-state index is 8.84. The predicted molar refractivity (Wildman–Crippen MR) is 79.9 cm³/mol. The number of hydrogen-bond acceptors (Lipinski definition) is 5. The van der Waals surface area contributed by atoms with Crippen LogP contribution in [-0.2, 0) is 13.1 Å². The molecule has 0 saturated heterocycles. The Kier molecular flexibility index (Phi) is 4.57. The maximum Gasteiger partial charge on any atom is 0.102 e. The van der Waals surface area contributed by atoms with Gasteiger partial charge in [-0.1, -0.05) is 5.21 Å². The number of nitrogens with one attached hydrogen (secondary N) is 1. The molecule has 1 aromatic carbocycles. The van der Waals surface area contributed by atoms with E-state index in [1.165, 1.54) is 11.3 Å². The molecule has 2 aromatic rings. The van der Waals surface area contributed by atoms with E-state index in [1.807, 2.05) is 20.3 Å². The zero-order chi connectivity index (χ0) is 14.5. The minimum Gasteiger partial charge on any atom is -0.394 e. The Hall–Kier alpha value is -2.08. The van der Waals surface area contributed by atoms with Gasteiger partial charge >= 0.3 is 0 Å². The Morgan fingerprint density at radius 1 is 1.35 bits per heavy atom. The third-order valence-electron chi connectivity index (χ3n) is 3.10. The van der Waals surface area contributed by atoms with E-state index in [1.54, 1.807) is 4.68 Å². The number of aliphatic hydroxyl groups is 1. The first kappa shape index (κ1) is 14.3. The summed E-state index contributed by atoms with van der Waals surface area (Å²) in [6.07, 6.45) is 1.84. The van der Waals surface area contributed by atoms with Crippen molar-refractivity contribution in [2.24, 2.45) is 0 Å². The van der Waals surface area contributed by atoms with Crippen LogP contribution in [0.1, 0.15) is 11.3 Å². The molecule has 1 aromatic heterocycles. The molecule has 2 N–H and O–H groups in total. The van der Waals surface area contributed by atoms with Gasteiger partial charge in [-0.15, -0.1) is 5.10 Å². The van der Waals surface area contributed by atoms with E-state index in [2.05, 4.69) is 45.7 Å². The SMILES string of the molecule is Cc1cc(N(C)C)ccc1NCc1cn(CCO)nn1. The van der Waals surface area contributed by atoms with Crippen LogP contribution in [0, 0.1) is 6.92 Å². The van der Waals surface area contributed by atoms with Gasteiger partial charge in [0, 0.05) is 25.5 Å². The summed E-state index contributed by atoms with van der Waals surface area (Å²) in [7, 11) is 4.06. The van der Waals surface area contributed by atoms with E-state index < -0.39 is 0 Å². The molecule has 2 rings (SSSR count). The van der Waals surface area contributed by atoms with Crippen molar-refractivity contribution in [2.45, 2.75) is 20.0 Å². The van der Waals surface area contributed by atoms with Crippen molar-refractivity contribution < 1.29 is 5.11 Å². The van der Waals surface area contributed by atoms with E-state index in [-0.39, 0.29) is 6.61 Å². The number of aromatic nitrogens is 3. The summed E-state index contributed by atoms with van der Waals surface area (Å²) >= 11 is 0. The number of aliphatic hydroxyl groups excluding tert-OH is 1. The van der Waals surface area contributed by atoms with E-state index >= 15 is 0 Å². The fourth-order valence-corrected chi connectivity index (χ4v) is 1.94. The average Bonchev–Trinajstić information content (AvgIpc) is 2.85. The van der Waals surface area contributed by atoms with Gasteiger partial charge in [-0.2, -0.15) is 0 Å². The van der Waals surface area contributed by atoms with Crippen LogP contribution in [0.4, 0.5) is 11.4 Å². The Labute approximate surface area is 119 Å². The number of nitrogens with zero attached hydrogens (tertiary/aromatic N) is 4. The summed E-state index contributed by atoms with van der Waals surface area (Å²) in [6, 6.07) is 6.30. The molecule has 0 spiro atoms. The lowest BCUT2D eigenvalue weighted by molar-refractivity contribution is 0.268. The largest absolute Gasteiger partial charge is 0.394 e. The second kappa shape index (κ2) is 6.38. The highest BCUT2D eigenvalue weighted by Gasteiger charge is 2.04. The van der Waals surface area contributed by atoms with Crippen LogP contribution in [0.5, 0.6) is 0 Å². The molecule has 20 heavy (non-hydrogen) atoms. The zero-order valence-corrected chi connectivity index (χ0v) is 12.2. The van der Waals surface area contributed by atoms with Gasteiger partial charge in [-0.3, -0.25) is 0 Å². The Morgan fingerprint density at radius 3 is 2.80 bits per heavy atom. The van der Waals surface area contributed by atoms with Crippen molar-refractivity contribution in [3.63, 3.8) is 0 Å². The first-order valence-electron chi connectivity index (χ1n) is 6.62. The molecule has 108 valence electrons. The molecule has 0 amide bonds. The lowest BCUT2D eigenvalue weighted by Crippen LogP contribution is -2.09. The Morgan fingerprint density at radius 2 is 2.15 bits per heavy atom. The van der Waals surface area contributed by atoms with Crippen molar-refractivity contribution in [2.75, 3.05) is 30.9 Å². The molecular formula is C14H21N5O. The van der Waals surface area contributed by atoms with Crippen LogP contribution in [0.2, 0.25) is 0 Å². The normalized spacial score (nSPS) is 10.6. The maximum absolute atomic E-state index is 8.84. The van der Waals surface area contributed by atoms with Gasteiger partial charge in [-0.25, -0.2) is 4.68 Å². The van der Waals surface area contributed by atoms with Crippen LogP contribution < -0.4 is 10.2 Å². The zero-order valence-electron chi connectivity index (χ0n) is 12.2. The third kappa shape index (κ3) is 3.48. The number of aryl methyl sites for hydroxylation is 1. The summed E-state index contributed by atoms with van der Waals surface area (Å²) in [5, 5.41) is 20.2. The summed E-state index contributed by atoms with van der Waals surface area (Å²) in [6.45, 7) is 3.25. The topological polar surface area (TPSA) is 66.2 Å². The van der Waals surface area contributed by atoms with Gasteiger partial charge in [0.1, 0.15) is 5.69 Å². The molecule has 0 radical (unpaired) electrons. The van der Waals surface area contributed by atoms with E-state index in [0.717, 1.165) is 11.4 Å². The quantitative estimate of drug-likeness (QED) is 0.831. The minimum absolute atomic E-state index is 0.0708. The van der Waals surface area contributed by atoms with Crippen LogP contribution in [0.25, 0.3) is 0 Å². The van der Waals surface area contributed by atoms with Gasteiger partial charge in [0.15, 0.2) is 0 Å². The average molecular weight is 275 g/mol. The minimum atomic E-state index is 0.0708. The van der Waals surface area contributed by atoms with Crippen LogP contribution in [-0.4, -0.2) is 40.8 Å². The van der Waals surface area contributed by atoms with Crippen molar-refractivity contribution in [1.29, 1.82) is 0 Å². The standard InChI is InChI=1S/C14H21N5O/c1-11-8-13(18(2)3)4-5-14(11)15-9-12-10-19(6-7-20)17-16-12/h4-5,8,10,15,20H,6-7,9H2,1-3H3. The monoisotopic (exact) mass is 275 g/mol. The second-order valence-corrected chi connectivity index (χ2v) is 4.94. The fourth-order valence-electron chi connectivity index (χ4n) is 1.94. The van der Waals surface area contributed by atoms with Crippen molar-refractivity contribution in [1.82, 2.24) is 15.0 Å². The highest BCUT2D eigenvalue weighted by Crippen LogP contribution is 2.21. The van der Waals surface area contributed by atoms with Gasteiger partial charge in [-0.05, 0) is 30.7 Å². The highest BCUT2D eigenvalue weighted by molar-refractivity contribution is 5.59. The summed E-state index contributed by atoms with van der Waals surface area (Å²) < 4.78 is 1.64. The molecule has 0 unspecified atom stereocenters. The smallest absolute Gasteiger partial charge is 0.102 e. The second-order valence-electron chi connectivity index (χ2n) is 4.94. The lowest BCUT2D eigenvalue weighted by atomic mass is 10.1. The molecule has 1 heterocycles. The Bertz CT molecular complexity index is 564. The van der Waals surface area contributed by atoms with E-state index in [0.29, 0.717) is 13.1 Å². The number of benzene rings is 1. The Balaban J connectivity index is 1.99. The molecular weight excluding hydrogens is 254 g/mol. The first-order valence-corrected chi connectivity index (χ1v) is 6.62. The summed E-state index contributed by atoms with van der Waals surface area (Å²) in [5.41, 5.74) is 4.32. The third-order valence-corrected chi connectivity index (χ3v) is 3.10. The summed E-state index contributed by atoms with van der Waals surface area (Å²) in [5.74, 6) is 0. The molecule has 0 aliphatic heterocycles. The molecule has 0 bridgehead atoms. The summed E-state index contributed by atoms with van der Waals surface area (Å²) in [4.78, 5) is 2.08. The van der Waals surface area contributed by atoms with Crippen LogP contribution >= 0.6 is 0 Å². The van der Waals surface area contributed by atoms with E-state index in [4.69, 9.17) is 5.11 Å². The molecule has 0 aliphatic carbocycles. The first-order chi connectivity index (χ1) is 9.60. The molecule has 6 nitrogen and oxygen atoms in total. The van der Waals surface area contributed by atoms with E-state index in [9.17, 15) is 0 Å². The van der Waals surface area contributed by atoms with Crippen molar-refractivity contribution >= 4 is 11.4 Å². The van der Waals surface area contributed by atoms with Gasteiger partial charge < -0.3 is 15.3 Å². The van der Waals surface area contributed by atoms with Crippen molar-refractivity contribution in [3.8, 4) is 0 Å². The number of rotatable bonds is 6. The molecule has 0 atom stereocenters. The van der Waals surface area contributed by atoms with Gasteiger partial charge in [0.2, 0.25) is 0 Å². The van der Waals surface area contributed by atoms with Crippen molar-refractivity contribution in [3.05, 3.63) is 35.7 Å². The number of anilines is 2. The van der Waals surface area contributed by atoms with Crippen LogP contribution in [0.3, 0.4) is 0 Å². The van der Waals surface area contributed by atoms with Crippen LogP contribution in [0.15, 0.2) is 24.4 Å². The fraction of sp³-hybridized carbons (Fsp3) is 0.429. The molecule has 0 aliphatic rings. The predicted octanol–water partition coefficient (Wildman–Crippen LogP) is 1.26.